The molecule has 0 fully saturated rings. The molecular weight excluding hydrogens is 198 g/mol. The molecular formula is C14H23NO. The molecule has 3 N–H and O–H groups in total. The van der Waals surface area contributed by atoms with Crippen LogP contribution in [-0.2, 0) is 5.41 Å². The average molecular weight is 221 g/mol. The van der Waals surface area contributed by atoms with Crippen LogP contribution in [0.3, 0.4) is 0 Å². The third kappa shape index (κ3) is 2.45. The zero-order valence-corrected chi connectivity index (χ0v) is 10.7. The average Bonchev–Trinajstić information content (AvgIpc) is 2.17. The highest BCUT2D eigenvalue weighted by molar-refractivity contribution is 5.37. The van der Waals surface area contributed by atoms with E-state index in [-0.39, 0.29) is 18.1 Å². The summed E-state index contributed by atoms with van der Waals surface area (Å²) in [6.45, 7) is 8.51. The summed E-state index contributed by atoms with van der Waals surface area (Å²) in [6.07, 6.45) is 0.703. The molecule has 0 aliphatic heterocycles. The molecule has 0 heterocycles. The summed E-state index contributed by atoms with van der Waals surface area (Å²) in [5.74, 6) is 0. The SMILES string of the molecule is Cc1ccc(C(C)(CCO)C(C)N)c(C)c1. The second-order valence-electron chi connectivity index (χ2n) is 5.00. The Morgan fingerprint density at radius 3 is 2.44 bits per heavy atom. The third-order valence-electron chi connectivity index (χ3n) is 3.63. The minimum Gasteiger partial charge on any atom is -0.396 e. The minimum absolute atomic E-state index is 0.0288. The fourth-order valence-corrected chi connectivity index (χ4v) is 2.29. The molecule has 1 aromatic carbocycles. The van der Waals surface area contributed by atoms with Crippen molar-refractivity contribution in [2.45, 2.75) is 45.6 Å². The van der Waals surface area contributed by atoms with E-state index in [9.17, 15) is 5.11 Å². The van der Waals surface area contributed by atoms with E-state index >= 15 is 0 Å². The maximum absolute atomic E-state index is 9.20. The molecule has 0 radical (unpaired) electrons. The van der Waals surface area contributed by atoms with Crippen LogP contribution in [0, 0.1) is 13.8 Å². The van der Waals surface area contributed by atoms with E-state index < -0.39 is 0 Å². The van der Waals surface area contributed by atoms with Crippen molar-refractivity contribution in [3.8, 4) is 0 Å². The number of hydrogen-bond donors (Lipinski definition) is 2. The van der Waals surface area contributed by atoms with Crippen LogP contribution >= 0.6 is 0 Å². The van der Waals surface area contributed by atoms with Gasteiger partial charge in [-0.05, 0) is 38.3 Å². The van der Waals surface area contributed by atoms with E-state index in [0.717, 1.165) is 0 Å². The zero-order chi connectivity index (χ0) is 12.3. The molecule has 0 bridgehead atoms. The summed E-state index contributed by atoms with van der Waals surface area (Å²) >= 11 is 0. The molecule has 2 nitrogen and oxygen atoms in total. The van der Waals surface area contributed by atoms with E-state index in [1.54, 1.807) is 0 Å². The summed E-state index contributed by atoms with van der Waals surface area (Å²) in [7, 11) is 0. The summed E-state index contributed by atoms with van der Waals surface area (Å²) < 4.78 is 0. The van der Waals surface area contributed by atoms with Crippen LogP contribution in [0.2, 0.25) is 0 Å². The fraction of sp³-hybridized carbons (Fsp3) is 0.571. The molecule has 0 aliphatic carbocycles. The normalized spacial score (nSPS) is 16.9. The van der Waals surface area contributed by atoms with Gasteiger partial charge < -0.3 is 10.8 Å². The Balaban J connectivity index is 3.21. The molecule has 1 aromatic rings. The highest BCUT2D eigenvalue weighted by Crippen LogP contribution is 2.32. The van der Waals surface area contributed by atoms with Crippen molar-refractivity contribution >= 4 is 0 Å². The van der Waals surface area contributed by atoms with Crippen LogP contribution < -0.4 is 5.73 Å². The zero-order valence-electron chi connectivity index (χ0n) is 10.7. The lowest BCUT2D eigenvalue weighted by Crippen LogP contribution is -2.42. The first-order valence-electron chi connectivity index (χ1n) is 5.86. The highest BCUT2D eigenvalue weighted by atomic mass is 16.3. The molecule has 1 rings (SSSR count). The number of rotatable bonds is 4. The van der Waals surface area contributed by atoms with Gasteiger partial charge in [0.25, 0.3) is 0 Å². The summed E-state index contributed by atoms with van der Waals surface area (Å²) in [4.78, 5) is 0. The van der Waals surface area contributed by atoms with Gasteiger partial charge >= 0.3 is 0 Å². The summed E-state index contributed by atoms with van der Waals surface area (Å²) in [6, 6.07) is 6.46. The molecule has 2 heteroatoms. The predicted octanol–water partition coefficient (Wildman–Crippen LogP) is 2.29. The van der Waals surface area contributed by atoms with Crippen molar-refractivity contribution in [2.24, 2.45) is 5.73 Å². The third-order valence-corrected chi connectivity index (χ3v) is 3.63. The first kappa shape index (κ1) is 13.2. The first-order chi connectivity index (χ1) is 7.41. The molecule has 0 saturated carbocycles. The van der Waals surface area contributed by atoms with Crippen molar-refractivity contribution in [1.82, 2.24) is 0 Å². The van der Waals surface area contributed by atoms with Gasteiger partial charge in [-0.1, -0.05) is 30.7 Å². The molecule has 90 valence electrons. The van der Waals surface area contributed by atoms with Gasteiger partial charge in [0.2, 0.25) is 0 Å². The molecule has 0 amide bonds. The topological polar surface area (TPSA) is 46.2 Å². The molecule has 0 aliphatic rings. The highest BCUT2D eigenvalue weighted by Gasteiger charge is 2.31. The van der Waals surface area contributed by atoms with Crippen molar-refractivity contribution in [3.05, 3.63) is 34.9 Å². The molecule has 0 spiro atoms. The second kappa shape index (κ2) is 4.98. The Kier molecular flexibility index (Phi) is 4.11. The quantitative estimate of drug-likeness (QED) is 0.819. The maximum Gasteiger partial charge on any atom is 0.0440 e. The van der Waals surface area contributed by atoms with Gasteiger partial charge in [0, 0.05) is 18.1 Å². The Labute approximate surface area is 98.5 Å². The number of aryl methyl sites for hydroxylation is 2. The fourth-order valence-electron chi connectivity index (χ4n) is 2.29. The molecule has 16 heavy (non-hydrogen) atoms. The van der Waals surface area contributed by atoms with Gasteiger partial charge in [-0.3, -0.25) is 0 Å². The molecule has 2 unspecified atom stereocenters. The smallest absolute Gasteiger partial charge is 0.0440 e. The molecule has 0 aromatic heterocycles. The van der Waals surface area contributed by atoms with E-state index in [4.69, 9.17) is 5.73 Å². The van der Waals surface area contributed by atoms with Crippen molar-refractivity contribution < 1.29 is 5.11 Å². The van der Waals surface area contributed by atoms with Gasteiger partial charge in [0.15, 0.2) is 0 Å². The first-order valence-corrected chi connectivity index (χ1v) is 5.86. The standard InChI is InChI=1S/C14H23NO/c1-10-5-6-13(11(2)9-10)14(4,7-8-16)12(3)15/h5-6,9,12,16H,7-8,15H2,1-4H3. The van der Waals surface area contributed by atoms with Gasteiger partial charge in [0.1, 0.15) is 0 Å². The van der Waals surface area contributed by atoms with E-state index in [2.05, 4.69) is 39.0 Å². The van der Waals surface area contributed by atoms with Crippen LogP contribution in [0.15, 0.2) is 18.2 Å². The Morgan fingerprint density at radius 2 is 2.00 bits per heavy atom. The van der Waals surface area contributed by atoms with Gasteiger partial charge in [-0.25, -0.2) is 0 Å². The van der Waals surface area contributed by atoms with Crippen LogP contribution in [0.5, 0.6) is 0 Å². The van der Waals surface area contributed by atoms with Gasteiger partial charge in [0.05, 0.1) is 0 Å². The predicted molar refractivity (Wildman–Crippen MR) is 68.6 cm³/mol. The maximum atomic E-state index is 9.20. The number of benzene rings is 1. The Hall–Kier alpha value is -0.860. The lowest BCUT2D eigenvalue weighted by Gasteiger charge is -2.35. The molecule has 0 saturated heterocycles. The van der Waals surface area contributed by atoms with Gasteiger partial charge in [-0.15, -0.1) is 0 Å². The molecule has 2 atom stereocenters. The number of aliphatic hydroxyl groups excluding tert-OH is 1. The monoisotopic (exact) mass is 221 g/mol. The van der Waals surface area contributed by atoms with Crippen LogP contribution in [0.25, 0.3) is 0 Å². The van der Waals surface area contributed by atoms with Crippen molar-refractivity contribution in [2.75, 3.05) is 6.61 Å². The summed E-state index contributed by atoms with van der Waals surface area (Å²) in [5, 5.41) is 9.20. The van der Waals surface area contributed by atoms with Gasteiger partial charge in [-0.2, -0.15) is 0 Å². The van der Waals surface area contributed by atoms with Crippen LogP contribution in [0.4, 0.5) is 0 Å². The summed E-state index contributed by atoms with van der Waals surface area (Å²) in [5.41, 5.74) is 9.71. The van der Waals surface area contributed by atoms with E-state index in [1.165, 1.54) is 16.7 Å². The Bertz CT molecular complexity index is 360. The lowest BCUT2D eigenvalue weighted by atomic mass is 9.72. The van der Waals surface area contributed by atoms with Crippen LogP contribution in [0.1, 0.15) is 37.0 Å². The number of nitrogens with two attached hydrogens (primary N) is 1. The number of aliphatic hydroxyl groups is 1. The van der Waals surface area contributed by atoms with E-state index in [1.807, 2.05) is 6.92 Å². The van der Waals surface area contributed by atoms with Crippen molar-refractivity contribution in [1.29, 1.82) is 0 Å². The lowest BCUT2D eigenvalue weighted by molar-refractivity contribution is 0.229. The second-order valence-corrected chi connectivity index (χ2v) is 5.00. The van der Waals surface area contributed by atoms with Crippen LogP contribution in [-0.4, -0.2) is 17.8 Å². The minimum atomic E-state index is -0.146. The Morgan fingerprint density at radius 1 is 1.38 bits per heavy atom. The number of hydrogen-bond acceptors (Lipinski definition) is 2. The largest absolute Gasteiger partial charge is 0.396 e. The van der Waals surface area contributed by atoms with E-state index in [0.29, 0.717) is 6.42 Å². The van der Waals surface area contributed by atoms with Crippen molar-refractivity contribution in [3.63, 3.8) is 0 Å².